The Morgan fingerprint density at radius 1 is 0.938 bits per heavy atom. The first-order valence-corrected chi connectivity index (χ1v) is 10.1. The van der Waals surface area contributed by atoms with Gasteiger partial charge in [0.1, 0.15) is 17.3 Å². The minimum Gasteiger partial charge on any atom is -0.508 e. The number of hydrogen-bond donors (Lipinski definition) is 2. The van der Waals surface area contributed by atoms with E-state index in [4.69, 9.17) is 4.74 Å². The maximum absolute atomic E-state index is 13.2. The molecule has 4 rings (SSSR count). The Morgan fingerprint density at radius 3 is 2.31 bits per heavy atom. The van der Waals surface area contributed by atoms with Crippen LogP contribution in [0, 0.1) is 13.8 Å². The lowest BCUT2D eigenvalue weighted by Crippen LogP contribution is -2.29. The number of Topliss-reactive ketones (excluding diaryl/α,β-unsaturated/α-hetero) is 1. The van der Waals surface area contributed by atoms with Crippen molar-refractivity contribution in [3.05, 3.63) is 94.6 Å². The number of aryl methyl sites for hydroxylation is 2. The number of phenolic OH excluding ortho intramolecular Hbond substituents is 1. The van der Waals surface area contributed by atoms with Gasteiger partial charge in [-0.25, -0.2) is 0 Å². The molecule has 1 fully saturated rings. The van der Waals surface area contributed by atoms with Crippen molar-refractivity contribution >= 4 is 23.1 Å². The number of rotatable bonds is 4. The monoisotopic (exact) mass is 429 g/mol. The van der Waals surface area contributed by atoms with Gasteiger partial charge in [0.2, 0.25) is 0 Å². The molecule has 0 saturated carbocycles. The Kier molecular flexibility index (Phi) is 5.45. The molecule has 6 heteroatoms. The quantitative estimate of drug-likeness (QED) is 0.358. The Balaban J connectivity index is 1.98. The topological polar surface area (TPSA) is 87.1 Å². The molecule has 0 aromatic heterocycles. The van der Waals surface area contributed by atoms with E-state index in [9.17, 15) is 19.8 Å². The molecule has 1 atom stereocenters. The zero-order valence-corrected chi connectivity index (χ0v) is 18.0. The predicted octanol–water partition coefficient (Wildman–Crippen LogP) is 4.64. The van der Waals surface area contributed by atoms with E-state index in [-0.39, 0.29) is 17.1 Å². The van der Waals surface area contributed by atoms with Crippen LogP contribution in [0.25, 0.3) is 5.76 Å². The first-order valence-electron chi connectivity index (χ1n) is 10.1. The normalized spacial score (nSPS) is 17.6. The number of aliphatic hydroxyl groups excluding tert-OH is 1. The number of amides is 1. The molecule has 2 N–H and O–H groups in total. The molecule has 3 aromatic carbocycles. The third-order valence-corrected chi connectivity index (χ3v) is 5.66. The highest BCUT2D eigenvalue weighted by Crippen LogP contribution is 2.43. The molecule has 1 saturated heterocycles. The van der Waals surface area contributed by atoms with Crippen LogP contribution in [0.15, 0.2) is 72.3 Å². The summed E-state index contributed by atoms with van der Waals surface area (Å²) in [5, 5.41) is 21.4. The fourth-order valence-electron chi connectivity index (χ4n) is 4.11. The van der Waals surface area contributed by atoms with Crippen molar-refractivity contribution in [1.82, 2.24) is 0 Å². The van der Waals surface area contributed by atoms with Crippen LogP contribution in [-0.2, 0) is 9.59 Å². The molecule has 162 valence electrons. The second-order valence-electron chi connectivity index (χ2n) is 7.74. The second kappa shape index (κ2) is 8.23. The zero-order chi connectivity index (χ0) is 23.0. The van der Waals surface area contributed by atoms with Gasteiger partial charge in [-0.1, -0.05) is 30.3 Å². The van der Waals surface area contributed by atoms with Crippen LogP contribution in [-0.4, -0.2) is 29.0 Å². The van der Waals surface area contributed by atoms with Crippen molar-refractivity contribution in [3.63, 3.8) is 0 Å². The van der Waals surface area contributed by atoms with E-state index in [1.165, 1.54) is 17.0 Å². The molecule has 1 amide bonds. The van der Waals surface area contributed by atoms with Crippen LogP contribution >= 0.6 is 0 Å². The summed E-state index contributed by atoms with van der Waals surface area (Å²) in [6, 6.07) is 17.8. The lowest BCUT2D eigenvalue weighted by atomic mass is 9.93. The molecular weight excluding hydrogens is 406 g/mol. The number of ether oxygens (including phenoxy) is 1. The van der Waals surface area contributed by atoms with Crippen LogP contribution in [0.5, 0.6) is 11.5 Å². The number of phenols is 1. The summed E-state index contributed by atoms with van der Waals surface area (Å²) in [7, 11) is 1.56. The lowest BCUT2D eigenvalue weighted by Gasteiger charge is -2.25. The summed E-state index contributed by atoms with van der Waals surface area (Å²) in [5.41, 5.74) is 2.93. The van der Waals surface area contributed by atoms with Crippen molar-refractivity contribution in [2.75, 3.05) is 12.0 Å². The number of methoxy groups -OCH3 is 1. The molecule has 1 aliphatic heterocycles. The minimum atomic E-state index is -0.897. The molecule has 1 aliphatic rings. The molecular formula is C26H23NO5. The van der Waals surface area contributed by atoms with Gasteiger partial charge in [-0.05, 0) is 66.9 Å². The van der Waals surface area contributed by atoms with E-state index >= 15 is 0 Å². The summed E-state index contributed by atoms with van der Waals surface area (Å²) >= 11 is 0. The lowest BCUT2D eigenvalue weighted by molar-refractivity contribution is -0.132. The van der Waals surface area contributed by atoms with Gasteiger partial charge in [0.15, 0.2) is 0 Å². The summed E-state index contributed by atoms with van der Waals surface area (Å²) in [6.07, 6.45) is 0. The Hall–Kier alpha value is -4.06. The average Bonchev–Trinajstić information content (AvgIpc) is 3.06. The number of aliphatic hydroxyl groups is 1. The number of para-hydroxylation sites is 1. The van der Waals surface area contributed by atoms with Crippen molar-refractivity contribution in [2.24, 2.45) is 0 Å². The SMILES string of the molecule is COc1cc(C)c(/C(O)=C2\C(=O)C(=O)N(c3ccccc3)C2c2cccc(O)c2)cc1C. The smallest absolute Gasteiger partial charge is 0.300 e. The van der Waals surface area contributed by atoms with E-state index in [0.717, 1.165) is 5.56 Å². The second-order valence-corrected chi connectivity index (χ2v) is 7.74. The maximum atomic E-state index is 13.2. The molecule has 3 aromatic rings. The number of anilines is 1. The number of carbonyl (C=O) groups is 2. The molecule has 32 heavy (non-hydrogen) atoms. The fourth-order valence-corrected chi connectivity index (χ4v) is 4.11. The summed E-state index contributed by atoms with van der Waals surface area (Å²) < 4.78 is 5.35. The number of carbonyl (C=O) groups excluding carboxylic acids is 2. The van der Waals surface area contributed by atoms with Gasteiger partial charge in [-0.15, -0.1) is 0 Å². The molecule has 0 bridgehead atoms. The molecule has 0 radical (unpaired) electrons. The van der Waals surface area contributed by atoms with Crippen LogP contribution in [0.2, 0.25) is 0 Å². The van der Waals surface area contributed by atoms with Crippen LogP contribution in [0.3, 0.4) is 0 Å². The van der Waals surface area contributed by atoms with Crippen LogP contribution in [0.4, 0.5) is 5.69 Å². The highest BCUT2D eigenvalue weighted by atomic mass is 16.5. The van der Waals surface area contributed by atoms with Gasteiger partial charge in [0, 0.05) is 11.3 Å². The highest BCUT2D eigenvalue weighted by Gasteiger charge is 2.47. The molecule has 1 unspecified atom stereocenters. The van der Waals surface area contributed by atoms with E-state index in [1.54, 1.807) is 62.6 Å². The average molecular weight is 429 g/mol. The predicted molar refractivity (Wildman–Crippen MR) is 122 cm³/mol. The molecule has 0 spiro atoms. The van der Waals surface area contributed by atoms with Crippen molar-refractivity contribution in [2.45, 2.75) is 19.9 Å². The van der Waals surface area contributed by atoms with Crippen molar-refractivity contribution in [1.29, 1.82) is 0 Å². The Labute approximate surface area is 186 Å². The first-order chi connectivity index (χ1) is 15.3. The zero-order valence-electron chi connectivity index (χ0n) is 18.0. The summed E-state index contributed by atoms with van der Waals surface area (Å²) in [6.45, 7) is 3.64. The largest absolute Gasteiger partial charge is 0.508 e. The van der Waals surface area contributed by atoms with Crippen LogP contribution < -0.4 is 9.64 Å². The number of nitrogens with zero attached hydrogens (tertiary/aromatic N) is 1. The first kappa shape index (κ1) is 21.2. The van der Waals surface area contributed by atoms with Gasteiger partial charge >= 0.3 is 0 Å². The van der Waals surface area contributed by atoms with Crippen LogP contribution in [0.1, 0.15) is 28.3 Å². The van der Waals surface area contributed by atoms with Gasteiger partial charge in [0.25, 0.3) is 11.7 Å². The molecule has 6 nitrogen and oxygen atoms in total. The van der Waals surface area contributed by atoms with E-state index in [2.05, 4.69) is 0 Å². The fraction of sp³-hybridized carbons (Fsp3) is 0.154. The van der Waals surface area contributed by atoms with E-state index in [0.29, 0.717) is 28.1 Å². The third-order valence-electron chi connectivity index (χ3n) is 5.66. The Bertz CT molecular complexity index is 1250. The van der Waals surface area contributed by atoms with E-state index < -0.39 is 17.7 Å². The molecule has 1 heterocycles. The number of ketones is 1. The number of hydrogen-bond acceptors (Lipinski definition) is 5. The standard InChI is InChI=1S/C26H23NO5/c1-15-13-21(32-3)16(2)12-20(15)24(29)22-23(17-8-7-11-19(28)14-17)27(26(31)25(22)30)18-9-5-4-6-10-18/h4-14,23,28-29H,1-3H3/b24-22+. The van der Waals surface area contributed by atoms with Gasteiger partial charge in [0.05, 0.1) is 18.7 Å². The Morgan fingerprint density at radius 2 is 1.66 bits per heavy atom. The third kappa shape index (κ3) is 3.50. The van der Waals surface area contributed by atoms with Crippen molar-refractivity contribution < 1.29 is 24.5 Å². The maximum Gasteiger partial charge on any atom is 0.300 e. The highest BCUT2D eigenvalue weighted by molar-refractivity contribution is 6.51. The summed E-state index contributed by atoms with van der Waals surface area (Å²) in [5.74, 6) is -1.13. The minimum absolute atomic E-state index is 0.00220. The van der Waals surface area contributed by atoms with Crippen molar-refractivity contribution in [3.8, 4) is 11.5 Å². The van der Waals surface area contributed by atoms with Gasteiger partial charge in [-0.3, -0.25) is 14.5 Å². The summed E-state index contributed by atoms with van der Waals surface area (Å²) in [4.78, 5) is 27.7. The van der Waals surface area contributed by atoms with Gasteiger partial charge in [-0.2, -0.15) is 0 Å². The number of aromatic hydroxyl groups is 1. The molecule has 0 aliphatic carbocycles. The van der Waals surface area contributed by atoms with Gasteiger partial charge < -0.3 is 14.9 Å². The number of benzene rings is 3. The van der Waals surface area contributed by atoms with E-state index in [1.807, 2.05) is 13.0 Å².